The Morgan fingerprint density at radius 1 is 1.10 bits per heavy atom. The number of anilines is 1. The lowest BCUT2D eigenvalue weighted by Gasteiger charge is -2.20. The van der Waals surface area contributed by atoms with Crippen LogP contribution in [0.15, 0.2) is 53.6 Å². The highest BCUT2D eigenvalue weighted by Gasteiger charge is 2.21. The van der Waals surface area contributed by atoms with Gasteiger partial charge in [-0.2, -0.15) is 5.10 Å². The van der Waals surface area contributed by atoms with Crippen LogP contribution in [0, 0.1) is 16.0 Å². The molecule has 0 aromatic heterocycles. The van der Waals surface area contributed by atoms with Gasteiger partial charge in [-0.3, -0.25) is 19.7 Å². The van der Waals surface area contributed by atoms with Crippen LogP contribution in [-0.2, 0) is 16.0 Å². The highest BCUT2D eigenvalue weighted by molar-refractivity contribution is 6.01. The lowest BCUT2D eigenvalue weighted by atomic mass is 9.88. The smallest absolute Gasteiger partial charge is 0.269 e. The van der Waals surface area contributed by atoms with E-state index in [1.807, 2.05) is 24.3 Å². The molecular weight excluding hydrogens is 396 g/mol. The number of non-ortho nitro benzene ring substituents is 1. The van der Waals surface area contributed by atoms with Gasteiger partial charge in [0.15, 0.2) is 0 Å². The number of carbonyl (C=O) groups is 2. The number of hydrogen-bond acceptors (Lipinski definition) is 5. The van der Waals surface area contributed by atoms with Gasteiger partial charge in [-0.05, 0) is 43.0 Å². The molecular formula is C23H26N4O4. The third-order valence-corrected chi connectivity index (χ3v) is 5.38. The second kappa shape index (κ2) is 10.5. The van der Waals surface area contributed by atoms with Gasteiger partial charge in [0.25, 0.3) is 5.69 Å². The number of hydrogen-bond donors (Lipinski definition) is 2. The predicted octanol–water partition coefficient (Wildman–Crippen LogP) is 4.20. The summed E-state index contributed by atoms with van der Waals surface area (Å²) in [5, 5.41) is 17.8. The monoisotopic (exact) mass is 422 g/mol. The summed E-state index contributed by atoms with van der Waals surface area (Å²) in [6.45, 7) is 1.77. The average molecular weight is 422 g/mol. The van der Waals surface area contributed by atoms with Crippen molar-refractivity contribution in [1.29, 1.82) is 0 Å². The molecule has 0 heterocycles. The van der Waals surface area contributed by atoms with E-state index in [0.29, 0.717) is 17.0 Å². The zero-order chi connectivity index (χ0) is 22.2. The maximum absolute atomic E-state index is 12.5. The molecule has 1 aliphatic carbocycles. The van der Waals surface area contributed by atoms with E-state index in [2.05, 4.69) is 15.8 Å². The first kappa shape index (κ1) is 22.1. The first-order valence-electron chi connectivity index (χ1n) is 10.4. The molecule has 0 radical (unpaired) electrons. The van der Waals surface area contributed by atoms with Gasteiger partial charge in [0.2, 0.25) is 11.8 Å². The molecule has 0 bridgehead atoms. The van der Waals surface area contributed by atoms with Crippen LogP contribution in [0.2, 0.25) is 0 Å². The number of rotatable bonds is 7. The number of nitro groups is 1. The molecule has 1 saturated carbocycles. The first-order chi connectivity index (χ1) is 14.9. The predicted molar refractivity (Wildman–Crippen MR) is 119 cm³/mol. The average Bonchev–Trinajstić information content (AvgIpc) is 2.78. The largest absolute Gasteiger partial charge is 0.326 e. The summed E-state index contributed by atoms with van der Waals surface area (Å²) in [5.74, 6) is -0.191. The minimum Gasteiger partial charge on any atom is -0.326 e. The maximum atomic E-state index is 12.5. The van der Waals surface area contributed by atoms with Crippen molar-refractivity contribution in [2.24, 2.45) is 11.0 Å². The lowest BCUT2D eigenvalue weighted by Crippen LogP contribution is -2.24. The van der Waals surface area contributed by atoms with Crippen molar-refractivity contribution in [2.75, 3.05) is 5.32 Å². The number of nitrogens with zero attached hydrogens (tertiary/aromatic N) is 2. The van der Waals surface area contributed by atoms with Crippen LogP contribution in [0.1, 0.15) is 50.2 Å². The zero-order valence-corrected chi connectivity index (χ0v) is 17.5. The minimum absolute atomic E-state index is 0.0199. The highest BCUT2D eigenvalue weighted by atomic mass is 16.6. The molecule has 0 saturated heterocycles. The number of benzene rings is 2. The van der Waals surface area contributed by atoms with Crippen LogP contribution in [0.4, 0.5) is 11.4 Å². The highest BCUT2D eigenvalue weighted by Crippen LogP contribution is 2.25. The second-order valence-electron chi connectivity index (χ2n) is 7.74. The van der Waals surface area contributed by atoms with Gasteiger partial charge < -0.3 is 5.32 Å². The Balaban J connectivity index is 1.56. The third kappa shape index (κ3) is 6.47. The molecule has 0 aliphatic heterocycles. The molecule has 0 unspecified atom stereocenters. The summed E-state index contributed by atoms with van der Waals surface area (Å²) in [7, 11) is 0. The SMILES string of the molecule is CC(=NNC(=O)Cc1ccc([N+](=O)[O-])cc1)c1cccc(NC(=O)C2CCCCC2)c1. The quantitative estimate of drug-likeness (QED) is 0.395. The van der Waals surface area contributed by atoms with Crippen LogP contribution in [-0.4, -0.2) is 22.4 Å². The Morgan fingerprint density at radius 2 is 1.81 bits per heavy atom. The molecule has 2 amide bonds. The van der Waals surface area contributed by atoms with E-state index in [-0.39, 0.29) is 29.8 Å². The summed E-state index contributed by atoms with van der Waals surface area (Å²) in [6.07, 6.45) is 5.34. The molecule has 1 fully saturated rings. The Labute approximate surface area is 180 Å². The third-order valence-electron chi connectivity index (χ3n) is 5.38. The Hall–Kier alpha value is -3.55. The van der Waals surface area contributed by atoms with Crippen LogP contribution < -0.4 is 10.7 Å². The van der Waals surface area contributed by atoms with E-state index in [0.717, 1.165) is 31.2 Å². The van der Waals surface area contributed by atoms with Crippen LogP contribution in [0.5, 0.6) is 0 Å². The molecule has 2 N–H and O–H groups in total. The Morgan fingerprint density at radius 3 is 2.48 bits per heavy atom. The summed E-state index contributed by atoms with van der Waals surface area (Å²) >= 11 is 0. The van der Waals surface area contributed by atoms with E-state index < -0.39 is 4.92 Å². The standard InChI is InChI=1S/C23H26N4O4/c1-16(25-26-22(28)14-17-10-12-21(13-11-17)27(30)31)19-8-5-9-20(15-19)24-23(29)18-6-3-2-4-7-18/h5,8-13,15,18H,2-4,6-7,14H2,1H3,(H,24,29)(H,26,28). The zero-order valence-electron chi connectivity index (χ0n) is 17.5. The molecule has 2 aromatic carbocycles. The fourth-order valence-electron chi connectivity index (χ4n) is 3.60. The van der Waals surface area contributed by atoms with Crippen LogP contribution in [0.25, 0.3) is 0 Å². The van der Waals surface area contributed by atoms with Crippen LogP contribution in [0.3, 0.4) is 0 Å². The Bertz CT molecular complexity index is 979. The minimum atomic E-state index is -0.483. The van der Waals surface area contributed by atoms with E-state index in [9.17, 15) is 19.7 Å². The van der Waals surface area contributed by atoms with Crippen molar-refractivity contribution < 1.29 is 14.5 Å². The number of nitro benzene ring substituents is 1. The van der Waals surface area contributed by atoms with E-state index >= 15 is 0 Å². The van der Waals surface area contributed by atoms with Gasteiger partial charge in [-0.25, -0.2) is 5.43 Å². The van der Waals surface area contributed by atoms with Gasteiger partial charge in [-0.1, -0.05) is 43.5 Å². The topological polar surface area (TPSA) is 114 Å². The van der Waals surface area contributed by atoms with E-state index in [1.165, 1.54) is 18.6 Å². The number of hydrazone groups is 1. The first-order valence-corrected chi connectivity index (χ1v) is 10.4. The van der Waals surface area contributed by atoms with Gasteiger partial charge in [0.1, 0.15) is 0 Å². The van der Waals surface area contributed by atoms with Crippen molar-refractivity contribution in [3.63, 3.8) is 0 Å². The molecule has 0 atom stereocenters. The van der Waals surface area contributed by atoms with Crippen molar-refractivity contribution in [3.05, 3.63) is 69.8 Å². The summed E-state index contributed by atoms with van der Waals surface area (Å²) in [5.41, 5.74) is 5.24. The molecule has 2 aromatic rings. The molecule has 8 nitrogen and oxygen atoms in total. The van der Waals surface area contributed by atoms with Crippen molar-refractivity contribution in [2.45, 2.75) is 45.4 Å². The van der Waals surface area contributed by atoms with Crippen molar-refractivity contribution in [3.8, 4) is 0 Å². The molecule has 3 rings (SSSR count). The second-order valence-corrected chi connectivity index (χ2v) is 7.74. The normalized spacial score (nSPS) is 14.7. The Kier molecular flexibility index (Phi) is 7.48. The summed E-state index contributed by atoms with van der Waals surface area (Å²) in [4.78, 5) is 34.8. The van der Waals surface area contributed by atoms with Crippen LogP contribution >= 0.6 is 0 Å². The fraction of sp³-hybridized carbons (Fsp3) is 0.348. The molecule has 8 heteroatoms. The van der Waals surface area contributed by atoms with Gasteiger partial charge in [0, 0.05) is 23.7 Å². The molecule has 162 valence electrons. The number of nitrogens with one attached hydrogen (secondary N) is 2. The van der Waals surface area contributed by atoms with E-state index in [4.69, 9.17) is 0 Å². The molecule has 0 spiro atoms. The number of amides is 2. The van der Waals surface area contributed by atoms with Gasteiger partial charge in [-0.15, -0.1) is 0 Å². The maximum Gasteiger partial charge on any atom is 0.269 e. The number of carbonyl (C=O) groups excluding carboxylic acids is 2. The molecule has 1 aliphatic rings. The lowest BCUT2D eigenvalue weighted by molar-refractivity contribution is -0.384. The van der Waals surface area contributed by atoms with Crippen molar-refractivity contribution >= 4 is 28.9 Å². The van der Waals surface area contributed by atoms with Crippen molar-refractivity contribution in [1.82, 2.24) is 5.43 Å². The van der Waals surface area contributed by atoms with Gasteiger partial charge >= 0.3 is 0 Å². The summed E-state index contributed by atoms with van der Waals surface area (Å²) < 4.78 is 0. The summed E-state index contributed by atoms with van der Waals surface area (Å²) in [6, 6.07) is 13.2. The molecule has 31 heavy (non-hydrogen) atoms. The van der Waals surface area contributed by atoms with E-state index in [1.54, 1.807) is 19.1 Å². The fourth-order valence-corrected chi connectivity index (χ4v) is 3.60. The van der Waals surface area contributed by atoms with Gasteiger partial charge in [0.05, 0.1) is 17.1 Å².